The van der Waals surface area contributed by atoms with Crippen molar-refractivity contribution in [3.63, 3.8) is 0 Å². The molecule has 0 bridgehead atoms. The lowest BCUT2D eigenvalue weighted by atomic mass is 9.47. The largest absolute Gasteiger partial charge is 0.369 e. The van der Waals surface area contributed by atoms with Crippen LogP contribution in [0.2, 0.25) is 0 Å². The third-order valence-corrected chi connectivity index (χ3v) is 18.9. The fraction of sp³-hybridized carbons (Fsp3) is 0.614. The Morgan fingerprint density at radius 2 is 1.12 bits per heavy atom. The van der Waals surface area contributed by atoms with Gasteiger partial charge < -0.3 is 14.4 Å². The van der Waals surface area contributed by atoms with Crippen molar-refractivity contribution in [3.8, 4) is 0 Å². The fourth-order valence-corrected chi connectivity index (χ4v) is 16.7. The molecule has 0 radical (unpaired) electrons. The van der Waals surface area contributed by atoms with Gasteiger partial charge in [0.15, 0.2) is 0 Å². The maximum atomic E-state index is 7.84. The first kappa shape index (κ1) is 38.5. The number of hydrogen-bond acceptors (Lipinski definition) is 3. The molecule has 1 heterocycles. The molecule has 316 valence electrons. The van der Waals surface area contributed by atoms with E-state index in [-0.39, 0.29) is 23.7 Å². The smallest absolute Gasteiger partial charge is 0.0910 e. The van der Waals surface area contributed by atoms with Crippen LogP contribution in [0, 0.1) is 47.3 Å². The Bertz CT molecular complexity index is 2090. The van der Waals surface area contributed by atoms with Gasteiger partial charge in [0.2, 0.25) is 0 Å². The van der Waals surface area contributed by atoms with Crippen LogP contribution in [0.25, 0.3) is 5.57 Å². The molecule has 3 aromatic carbocycles. The lowest BCUT2D eigenvalue weighted by molar-refractivity contribution is -0.280. The number of rotatable bonds is 4. The van der Waals surface area contributed by atoms with Crippen LogP contribution in [-0.2, 0) is 14.9 Å². The van der Waals surface area contributed by atoms with Gasteiger partial charge in [-0.2, -0.15) is 0 Å². The monoisotopic (exact) mass is 802 g/mol. The lowest BCUT2D eigenvalue weighted by Gasteiger charge is -2.61. The number of para-hydroxylation sites is 2. The van der Waals surface area contributed by atoms with Gasteiger partial charge >= 0.3 is 0 Å². The second-order valence-corrected chi connectivity index (χ2v) is 21.8. The quantitative estimate of drug-likeness (QED) is 0.245. The highest BCUT2D eigenvalue weighted by molar-refractivity contribution is 5.95. The molecule has 0 spiro atoms. The molecule has 13 unspecified atom stereocenters. The fourth-order valence-electron chi connectivity index (χ4n) is 16.7. The first-order valence-electron chi connectivity index (χ1n) is 25.4. The molecule has 6 saturated carbocycles. The van der Waals surface area contributed by atoms with E-state index in [9.17, 15) is 0 Å². The van der Waals surface area contributed by atoms with E-state index in [0.29, 0.717) is 17.9 Å². The van der Waals surface area contributed by atoms with Crippen molar-refractivity contribution in [1.82, 2.24) is 0 Å². The summed E-state index contributed by atoms with van der Waals surface area (Å²) in [4.78, 5) is 2.67. The average Bonchev–Trinajstić information content (AvgIpc) is 3.54. The summed E-state index contributed by atoms with van der Waals surface area (Å²) in [5.74, 6) is 7.53. The second kappa shape index (κ2) is 15.6. The average molecular weight is 802 g/mol. The van der Waals surface area contributed by atoms with Gasteiger partial charge in [-0.25, -0.2) is 0 Å². The molecule has 3 heteroatoms. The number of ether oxygens (including phenoxy) is 2. The molecular formula is C57H71NO2. The summed E-state index contributed by atoms with van der Waals surface area (Å²) in [7, 11) is 0. The van der Waals surface area contributed by atoms with Gasteiger partial charge in [-0.3, -0.25) is 0 Å². The topological polar surface area (TPSA) is 21.7 Å². The minimum Gasteiger partial charge on any atom is -0.369 e. The predicted molar refractivity (Wildman–Crippen MR) is 245 cm³/mol. The molecule has 9 aliphatic rings. The second-order valence-electron chi connectivity index (χ2n) is 21.8. The highest BCUT2D eigenvalue weighted by atomic mass is 16.6. The van der Waals surface area contributed by atoms with Crippen molar-refractivity contribution in [2.24, 2.45) is 47.3 Å². The van der Waals surface area contributed by atoms with E-state index >= 15 is 0 Å². The number of hydrogen-bond donors (Lipinski definition) is 0. The molecule has 1 aliphatic heterocycles. The zero-order chi connectivity index (χ0) is 40.0. The van der Waals surface area contributed by atoms with Crippen molar-refractivity contribution in [1.29, 1.82) is 0 Å². The Morgan fingerprint density at radius 1 is 0.533 bits per heavy atom. The molecule has 1 saturated heterocycles. The van der Waals surface area contributed by atoms with E-state index in [2.05, 4.69) is 104 Å². The molecule has 0 aromatic heterocycles. The first-order valence-corrected chi connectivity index (χ1v) is 25.4. The molecule has 8 aliphatic carbocycles. The van der Waals surface area contributed by atoms with Crippen molar-refractivity contribution in [3.05, 3.63) is 113 Å². The zero-order valence-corrected chi connectivity index (χ0v) is 36.8. The molecule has 3 nitrogen and oxygen atoms in total. The molecule has 60 heavy (non-hydrogen) atoms. The summed E-state index contributed by atoms with van der Waals surface area (Å²) in [6.45, 7) is 4.87. The van der Waals surface area contributed by atoms with Gasteiger partial charge in [0.05, 0.1) is 24.4 Å². The van der Waals surface area contributed by atoms with Crippen molar-refractivity contribution in [2.45, 2.75) is 172 Å². The molecule has 3 aromatic rings. The van der Waals surface area contributed by atoms with E-state index in [0.717, 1.165) is 67.1 Å². The molecule has 0 N–H and O–H groups in total. The third-order valence-electron chi connectivity index (χ3n) is 18.9. The first-order chi connectivity index (χ1) is 29.6. The molecule has 12 rings (SSSR count). The van der Waals surface area contributed by atoms with Gasteiger partial charge in [0.1, 0.15) is 0 Å². The minimum absolute atomic E-state index is 0.0109. The molecule has 0 amide bonds. The summed E-state index contributed by atoms with van der Waals surface area (Å²) >= 11 is 0. The number of fused-ring (bicyclic) bond motifs is 14. The highest BCUT2D eigenvalue weighted by Crippen LogP contribution is 2.62. The summed E-state index contributed by atoms with van der Waals surface area (Å²) in [6.07, 6.45) is 29.4. The van der Waals surface area contributed by atoms with E-state index in [4.69, 9.17) is 9.47 Å². The van der Waals surface area contributed by atoms with E-state index in [1.54, 1.807) is 0 Å². The van der Waals surface area contributed by atoms with Gasteiger partial charge in [0.25, 0.3) is 0 Å². The van der Waals surface area contributed by atoms with Gasteiger partial charge in [-0.15, -0.1) is 0 Å². The van der Waals surface area contributed by atoms with E-state index in [1.807, 2.05) is 0 Å². The van der Waals surface area contributed by atoms with Crippen LogP contribution in [0.3, 0.4) is 0 Å². The van der Waals surface area contributed by atoms with Crippen LogP contribution in [0.15, 0.2) is 96.2 Å². The Morgan fingerprint density at radius 3 is 1.85 bits per heavy atom. The summed E-state index contributed by atoms with van der Waals surface area (Å²) in [5.41, 5.74) is 11.3. The minimum atomic E-state index is -0.0109. The maximum absolute atomic E-state index is 7.84. The van der Waals surface area contributed by atoms with Gasteiger partial charge in [0, 0.05) is 34.0 Å². The van der Waals surface area contributed by atoms with Crippen LogP contribution >= 0.6 is 0 Å². The number of allylic oxidation sites excluding steroid dienone is 4. The zero-order valence-electron chi connectivity index (χ0n) is 36.8. The van der Waals surface area contributed by atoms with Crippen LogP contribution < -0.4 is 4.90 Å². The Balaban J connectivity index is 0.911. The summed E-state index contributed by atoms with van der Waals surface area (Å²) < 4.78 is 15.6. The van der Waals surface area contributed by atoms with Crippen molar-refractivity contribution >= 4 is 16.9 Å². The number of benzene rings is 3. The van der Waals surface area contributed by atoms with Crippen LogP contribution in [0.5, 0.6) is 0 Å². The van der Waals surface area contributed by atoms with Crippen LogP contribution in [0.4, 0.5) is 11.4 Å². The maximum Gasteiger partial charge on any atom is 0.0910 e. The van der Waals surface area contributed by atoms with Crippen molar-refractivity contribution in [2.75, 3.05) is 4.90 Å². The SMILES string of the molecule is CC1(C)C2=CCCC(N(c3ccccc3)c3ccccc3C3CCCC4OC5C(CCC6C7CCCCC7C7CCCCC7C7CCCCC7C65)OC43)=C2c2ccccc21. The van der Waals surface area contributed by atoms with E-state index < -0.39 is 0 Å². The Hall–Kier alpha value is -3.14. The van der Waals surface area contributed by atoms with Crippen LogP contribution in [-0.4, -0.2) is 24.4 Å². The number of anilines is 2. The predicted octanol–water partition coefficient (Wildman–Crippen LogP) is 14.5. The van der Waals surface area contributed by atoms with Crippen molar-refractivity contribution < 1.29 is 9.47 Å². The lowest BCUT2D eigenvalue weighted by Crippen LogP contribution is -2.62. The number of nitrogens with zero attached hydrogens (tertiary/aromatic N) is 1. The molecule has 7 fully saturated rings. The highest BCUT2D eigenvalue weighted by Gasteiger charge is 2.59. The summed E-state index contributed by atoms with van der Waals surface area (Å²) in [6, 6.07) is 30.0. The third kappa shape index (κ3) is 6.15. The van der Waals surface area contributed by atoms with Crippen LogP contribution in [0.1, 0.15) is 158 Å². The molecular weight excluding hydrogens is 731 g/mol. The molecule has 13 atom stereocenters. The Kier molecular flexibility index (Phi) is 10.0. The summed E-state index contributed by atoms with van der Waals surface area (Å²) in [5, 5.41) is 0. The standard InChI is InChI=1S/C57H71NO2/c1-57(2)47-29-14-12-27-46(47)54-48(57)30-17-32-50(54)58(36-18-4-3-5-19-36)49-31-15-13-25-42(49)45-28-16-33-51-55(45)59-52-35-34-44-41-24-9-8-22-39(41)37-20-6-7-21-38(37)40-23-10-11-26-43(40)53(44)56(52)60-51/h3-5,12-15,18-19,25,27,29-31,37-41,43-45,51-53,55-56H,6-11,16-17,20-24,26,28,32-35H2,1-2H3. The van der Waals surface area contributed by atoms with E-state index in [1.165, 1.54) is 141 Å². The van der Waals surface area contributed by atoms with Gasteiger partial charge in [-0.1, -0.05) is 126 Å². The normalized spacial score (nSPS) is 39.1. The Labute approximate surface area is 361 Å². The van der Waals surface area contributed by atoms with Gasteiger partial charge in [-0.05, 0) is 165 Å².